The molecule has 2 aromatic heterocycles. The van der Waals surface area contributed by atoms with Gasteiger partial charge in [-0.05, 0) is 12.1 Å². The van der Waals surface area contributed by atoms with Gasteiger partial charge in [0, 0.05) is 13.2 Å². The van der Waals surface area contributed by atoms with Crippen LogP contribution in [0.15, 0.2) is 29.7 Å². The van der Waals surface area contributed by atoms with E-state index in [4.69, 9.17) is 5.73 Å². The van der Waals surface area contributed by atoms with Gasteiger partial charge in [0.1, 0.15) is 17.9 Å². The molecule has 0 radical (unpaired) electrons. The highest BCUT2D eigenvalue weighted by atomic mass is 32.2. The maximum absolute atomic E-state index is 12.0. The van der Waals surface area contributed by atoms with Crippen molar-refractivity contribution in [2.24, 2.45) is 7.05 Å². The van der Waals surface area contributed by atoms with Crippen molar-refractivity contribution in [1.82, 2.24) is 19.7 Å². The summed E-state index contributed by atoms with van der Waals surface area (Å²) in [5, 5.41) is 3.68. The zero-order chi connectivity index (χ0) is 12.5. The van der Waals surface area contributed by atoms with E-state index in [0.717, 1.165) is 0 Å². The van der Waals surface area contributed by atoms with Gasteiger partial charge in [0.15, 0.2) is 5.03 Å². The summed E-state index contributed by atoms with van der Waals surface area (Å²) in [5.41, 5.74) is 5.72. The quantitative estimate of drug-likeness (QED) is 0.810. The Balaban J connectivity index is 2.39. The Morgan fingerprint density at radius 2 is 2.18 bits per heavy atom. The van der Waals surface area contributed by atoms with Gasteiger partial charge in [-0.1, -0.05) is 0 Å². The first-order valence-electron chi connectivity index (χ1n) is 4.77. The zero-order valence-electron chi connectivity index (χ0n) is 9.11. The molecule has 2 heterocycles. The normalized spacial score (nSPS) is 11.6. The standard InChI is InChI=1S/C9H11N5O2S/c1-14-8(12-6-13-14)5-17(15,16)9-7(10)3-2-4-11-9/h2-4,6H,5,10H2,1H3. The van der Waals surface area contributed by atoms with Gasteiger partial charge in [0.05, 0.1) is 5.69 Å². The molecule has 7 nitrogen and oxygen atoms in total. The fourth-order valence-electron chi connectivity index (χ4n) is 1.35. The molecule has 0 aliphatic rings. The summed E-state index contributed by atoms with van der Waals surface area (Å²) in [6, 6.07) is 3.08. The third-order valence-electron chi connectivity index (χ3n) is 2.22. The predicted molar refractivity (Wildman–Crippen MR) is 60.5 cm³/mol. The van der Waals surface area contributed by atoms with E-state index in [9.17, 15) is 8.42 Å². The van der Waals surface area contributed by atoms with Crippen LogP contribution in [0.3, 0.4) is 0 Å². The van der Waals surface area contributed by atoms with Crippen molar-refractivity contribution < 1.29 is 8.42 Å². The topological polar surface area (TPSA) is 104 Å². The highest BCUT2D eigenvalue weighted by Crippen LogP contribution is 2.18. The lowest BCUT2D eigenvalue weighted by molar-refractivity contribution is 0.587. The largest absolute Gasteiger partial charge is 0.396 e. The number of anilines is 1. The minimum atomic E-state index is -3.60. The van der Waals surface area contributed by atoms with E-state index in [-0.39, 0.29) is 16.5 Å². The van der Waals surface area contributed by atoms with Gasteiger partial charge in [0.25, 0.3) is 0 Å². The first-order chi connectivity index (χ1) is 8.00. The number of hydrogen-bond acceptors (Lipinski definition) is 6. The second-order valence-corrected chi connectivity index (χ2v) is 5.36. The summed E-state index contributed by atoms with van der Waals surface area (Å²) in [5.74, 6) is 0.0695. The molecule has 0 aromatic carbocycles. The minimum absolute atomic E-state index is 0.122. The van der Waals surface area contributed by atoms with Crippen LogP contribution >= 0.6 is 0 Å². The van der Waals surface area contributed by atoms with E-state index in [0.29, 0.717) is 5.82 Å². The van der Waals surface area contributed by atoms with Gasteiger partial charge in [0.2, 0.25) is 9.84 Å². The molecule has 8 heteroatoms. The molecule has 17 heavy (non-hydrogen) atoms. The average Bonchev–Trinajstić information content (AvgIpc) is 2.64. The van der Waals surface area contributed by atoms with Crippen molar-refractivity contribution >= 4 is 15.5 Å². The molecule has 2 aromatic rings. The Hall–Kier alpha value is -1.96. The number of rotatable bonds is 3. The Morgan fingerprint density at radius 1 is 1.41 bits per heavy atom. The summed E-state index contributed by atoms with van der Waals surface area (Å²) in [7, 11) is -1.97. The third-order valence-corrected chi connectivity index (χ3v) is 3.79. The number of pyridine rings is 1. The lowest BCUT2D eigenvalue weighted by atomic mass is 10.4. The molecule has 0 atom stereocenters. The van der Waals surface area contributed by atoms with E-state index < -0.39 is 9.84 Å². The van der Waals surface area contributed by atoms with E-state index in [1.165, 1.54) is 23.3 Å². The number of sulfone groups is 1. The minimum Gasteiger partial charge on any atom is -0.396 e. The molecule has 0 aliphatic heterocycles. The summed E-state index contributed by atoms with van der Waals surface area (Å²) < 4.78 is 25.5. The SMILES string of the molecule is Cn1ncnc1CS(=O)(=O)c1ncccc1N. The Kier molecular flexibility index (Phi) is 2.80. The van der Waals surface area contributed by atoms with Crippen molar-refractivity contribution in [2.45, 2.75) is 10.8 Å². The van der Waals surface area contributed by atoms with Crippen LogP contribution in [0.5, 0.6) is 0 Å². The Labute approximate surface area is 98.2 Å². The molecule has 2 rings (SSSR count). The Morgan fingerprint density at radius 3 is 2.76 bits per heavy atom. The monoisotopic (exact) mass is 253 g/mol. The maximum Gasteiger partial charge on any atom is 0.204 e. The number of aryl methyl sites for hydroxylation is 1. The zero-order valence-corrected chi connectivity index (χ0v) is 9.92. The number of nitrogens with zero attached hydrogens (tertiary/aromatic N) is 4. The first-order valence-corrected chi connectivity index (χ1v) is 6.42. The van der Waals surface area contributed by atoms with Crippen LogP contribution in [0.2, 0.25) is 0 Å². The number of aromatic nitrogens is 4. The molecule has 0 saturated carbocycles. The van der Waals surface area contributed by atoms with E-state index in [1.807, 2.05) is 0 Å². The van der Waals surface area contributed by atoms with Crippen LogP contribution in [0.4, 0.5) is 5.69 Å². The van der Waals surface area contributed by atoms with Crippen molar-refractivity contribution in [3.05, 3.63) is 30.5 Å². The molecule has 90 valence electrons. The average molecular weight is 253 g/mol. The summed E-state index contributed by atoms with van der Waals surface area (Å²) in [4.78, 5) is 7.65. The first kappa shape index (κ1) is 11.5. The second kappa shape index (κ2) is 4.13. The van der Waals surface area contributed by atoms with Gasteiger partial charge < -0.3 is 5.73 Å². The van der Waals surface area contributed by atoms with E-state index in [1.54, 1.807) is 13.1 Å². The number of nitrogen functional groups attached to an aromatic ring is 1. The Bertz CT molecular complexity index is 634. The van der Waals surface area contributed by atoms with Gasteiger partial charge in [-0.15, -0.1) is 0 Å². The van der Waals surface area contributed by atoms with Crippen LogP contribution < -0.4 is 5.73 Å². The molecular weight excluding hydrogens is 242 g/mol. The van der Waals surface area contributed by atoms with Crippen LogP contribution in [0.1, 0.15) is 5.82 Å². The van der Waals surface area contributed by atoms with Gasteiger partial charge in [-0.2, -0.15) is 5.10 Å². The lowest BCUT2D eigenvalue weighted by Crippen LogP contribution is -2.13. The van der Waals surface area contributed by atoms with Crippen molar-refractivity contribution in [3.8, 4) is 0 Å². The summed E-state index contributed by atoms with van der Waals surface area (Å²) >= 11 is 0. The van der Waals surface area contributed by atoms with Crippen molar-refractivity contribution in [2.75, 3.05) is 5.73 Å². The molecule has 0 amide bonds. The fraction of sp³-hybridized carbons (Fsp3) is 0.222. The molecule has 0 bridgehead atoms. The van der Waals surface area contributed by atoms with Crippen LogP contribution in [0, 0.1) is 0 Å². The fourth-order valence-corrected chi connectivity index (χ4v) is 2.74. The van der Waals surface area contributed by atoms with Crippen molar-refractivity contribution in [1.29, 1.82) is 0 Å². The van der Waals surface area contributed by atoms with Gasteiger partial charge in [-0.3, -0.25) is 4.68 Å². The predicted octanol–water partition coefficient (Wildman–Crippen LogP) is -0.234. The molecule has 0 fully saturated rings. The van der Waals surface area contributed by atoms with Crippen LogP contribution in [-0.2, 0) is 22.6 Å². The highest BCUT2D eigenvalue weighted by molar-refractivity contribution is 7.90. The van der Waals surface area contributed by atoms with E-state index in [2.05, 4.69) is 15.1 Å². The number of nitrogens with two attached hydrogens (primary N) is 1. The van der Waals surface area contributed by atoms with Gasteiger partial charge in [-0.25, -0.2) is 18.4 Å². The summed E-state index contributed by atoms with van der Waals surface area (Å²) in [6.07, 6.45) is 2.69. The maximum atomic E-state index is 12.0. The highest BCUT2D eigenvalue weighted by Gasteiger charge is 2.21. The molecule has 0 aliphatic carbocycles. The molecular formula is C9H11N5O2S. The molecule has 0 unspecified atom stereocenters. The lowest BCUT2D eigenvalue weighted by Gasteiger charge is -2.05. The molecule has 0 saturated heterocycles. The van der Waals surface area contributed by atoms with E-state index >= 15 is 0 Å². The third kappa shape index (κ3) is 2.26. The van der Waals surface area contributed by atoms with Crippen molar-refractivity contribution in [3.63, 3.8) is 0 Å². The molecule has 0 spiro atoms. The second-order valence-electron chi connectivity index (χ2n) is 3.46. The van der Waals surface area contributed by atoms with Crippen LogP contribution in [0.25, 0.3) is 0 Å². The van der Waals surface area contributed by atoms with Crippen LogP contribution in [-0.4, -0.2) is 28.2 Å². The summed E-state index contributed by atoms with van der Waals surface area (Å²) in [6.45, 7) is 0. The molecule has 2 N–H and O–H groups in total. The number of hydrogen-bond donors (Lipinski definition) is 1. The smallest absolute Gasteiger partial charge is 0.204 e. The van der Waals surface area contributed by atoms with Gasteiger partial charge >= 0.3 is 0 Å².